The minimum absolute atomic E-state index is 0.0316. The maximum Gasteiger partial charge on any atom is 0.335 e. The van der Waals surface area contributed by atoms with Gasteiger partial charge in [0.2, 0.25) is 0 Å². The molecule has 6 rings (SSSR count). The van der Waals surface area contributed by atoms with Crippen LogP contribution in [-0.2, 0) is 20.2 Å². The monoisotopic (exact) mass is 741 g/mol. The van der Waals surface area contributed by atoms with Crippen molar-refractivity contribution in [3.05, 3.63) is 114 Å². The lowest BCUT2D eigenvalue weighted by Gasteiger charge is -2.12. The van der Waals surface area contributed by atoms with Crippen molar-refractivity contribution >= 4 is 87.8 Å². The Kier molecular flexibility index (Phi) is 9.22. The normalized spacial score (nSPS) is 12.2. The van der Waals surface area contributed by atoms with Crippen LogP contribution in [0.3, 0.4) is 0 Å². The van der Waals surface area contributed by atoms with E-state index in [0.29, 0.717) is 11.4 Å². The number of aromatic carboxylic acids is 2. The molecular formula is C34H23N5O11S2. The Morgan fingerprint density at radius 2 is 1.23 bits per heavy atom. The van der Waals surface area contributed by atoms with Gasteiger partial charge in [-0.3, -0.25) is 9.11 Å². The molecule has 52 heavy (non-hydrogen) atoms. The summed E-state index contributed by atoms with van der Waals surface area (Å²) in [7, 11) is -9.71. The summed E-state index contributed by atoms with van der Waals surface area (Å²) in [5.41, 5.74) is 0.594. The molecule has 0 unspecified atom stereocenters. The van der Waals surface area contributed by atoms with Crippen molar-refractivity contribution in [2.45, 2.75) is 9.79 Å². The number of fused-ring (bicyclic) bond motifs is 2. The van der Waals surface area contributed by atoms with Gasteiger partial charge in [-0.15, -0.1) is 15.3 Å². The van der Waals surface area contributed by atoms with E-state index in [1.807, 2.05) is 0 Å². The minimum atomic E-state index is -4.99. The maximum atomic E-state index is 12.4. The van der Waals surface area contributed by atoms with Crippen LogP contribution in [0.1, 0.15) is 20.7 Å². The molecule has 6 N–H and O–H groups in total. The Labute approximate surface area is 293 Å². The Balaban J connectivity index is 1.45. The Hall–Kier alpha value is -6.60. The molecule has 0 aliphatic heterocycles. The van der Waals surface area contributed by atoms with E-state index in [1.54, 1.807) is 6.07 Å². The molecular weight excluding hydrogens is 719 g/mol. The molecule has 0 bridgehead atoms. The van der Waals surface area contributed by atoms with Crippen LogP contribution in [-0.4, -0.2) is 53.2 Å². The molecule has 0 saturated carbocycles. The molecule has 6 aromatic carbocycles. The molecule has 0 fully saturated rings. The van der Waals surface area contributed by atoms with Crippen LogP contribution in [0.15, 0.2) is 133 Å². The van der Waals surface area contributed by atoms with E-state index in [-0.39, 0.29) is 49.7 Å². The van der Waals surface area contributed by atoms with Crippen LogP contribution in [0, 0.1) is 0 Å². The van der Waals surface area contributed by atoms with E-state index in [2.05, 4.69) is 25.8 Å². The quantitative estimate of drug-likeness (QED) is 0.0573. The summed E-state index contributed by atoms with van der Waals surface area (Å²) in [6.45, 7) is 0. The van der Waals surface area contributed by atoms with Gasteiger partial charge in [0, 0.05) is 27.5 Å². The fourth-order valence-electron chi connectivity index (χ4n) is 5.12. The third-order valence-electron chi connectivity index (χ3n) is 7.62. The predicted molar refractivity (Wildman–Crippen MR) is 188 cm³/mol. The molecule has 18 heteroatoms. The van der Waals surface area contributed by atoms with Gasteiger partial charge in [0.05, 0.1) is 33.1 Å². The van der Waals surface area contributed by atoms with E-state index in [1.165, 1.54) is 78.9 Å². The number of carboxylic acids is 2. The van der Waals surface area contributed by atoms with Crippen molar-refractivity contribution < 1.29 is 50.8 Å². The third-order valence-corrected chi connectivity index (χ3v) is 9.33. The number of nitrogens with one attached hydrogen (secondary N) is 1. The first-order valence-electron chi connectivity index (χ1n) is 14.7. The zero-order valence-corrected chi connectivity index (χ0v) is 27.7. The van der Waals surface area contributed by atoms with E-state index in [0.717, 1.165) is 18.2 Å². The van der Waals surface area contributed by atoms with Crippen molar-refractivity contribution in [2.24, 2.45) is 20.5 Å². The number of hydrogen-bond acceptors (Lipinski definition) is 12. The number of hydrogen-bond donors (Lipinski definition) is 6. The van der Waals surface area contributed by atoms with Crippen LogP contribution in [0.5, 0.6) is 5.75 Å². The first-order chi connectivity index (χ1) is 24.6. The summed E-state index contributed by atoms with van der Waals surface area (Å²) >= 11 is 0. The van der Waals surface area contributed by atoms with E-state index in [9.17, 15) is 45.7 Å². The lowest BCUT2D eigenvalue weighted by atomic mass is 10.1. The van der Waals surface area contributed by atoms with Crippen molar-refractivity contribution in [1.82, 2.24) is 0 Å². The number of azo groups is 2. The maximum absolute atomic E-state index is 12.4. The number of rotatable bonds is 10. The van der Waals surface area contributed by atoms with Gasteiger partial charge >= 0.3 is 11.9 Å². The highest BCUT2D eigenvalue weighted by molar-refractivity contribution is 7.86. The molecule has 0 aliphatic rings. The molecule has 0 radical (unpaired) electrons. The summed E-state index contributed by atoms with van der Waals surface area (Å²) in [5, 5.41) is 49.6. The molecule has 0 heterocycles. The van der Waals surface area contributed by atoms with Crippen molar-refractivity contribution in [2.75, 3.05) is 5.32 Å². The average Bonchev–Trinajstić information content (AvgIpc) is 3.10. The lowest BCUT2D eigenvalue weighted by Crippen LogP contribution is -1.99. The molecule has 0 atom stereocenters. The first-order valence-corrected chi connectivity index (χ1v) is 17.6. The number of benzene rings is 6. The van der Waals surface area contributed by atoms with E-state index < -0.39 is 53.4 Å². The number of carbonyl (C=O) groups is 2. The van der Waals surface area contributed by atoms with Gasteiger partial charge in [0.1, 0.15) is 10.6 Å². The number of nitrogens with zero attached hydrogens (tertiary/aromatic N) is 4. The Bertz CT molecular complexity index is 2730. The molecule has 16 nitrogen and oxygen atoms in total. The van der Waals surface area contributed by atoms with Crippen LogP contribution in [0.25, 0.3) is 21.5 Å². The zero-order valence-electron chi connectivity index (χ0n) is 26.1. The Morgan fingerprint density at radius 3 is 1.88 bits per heavy atom. The second-order valence-corrected chi connectivity index (χ2v) is 13.8. The van der Waals surface area contributed by atoms with Gasteiger partial charge in [0.15, 0.2) is 5.75 Å². The third kappa shape index (κ3) is 7.44. The smallest absolute Gasteiger partial charge is 0.335 e. The SMILES string of the molecule is O=C(O)c1ccc(Nc2ccc3cc(S(=O)(=O)O)c(N=Nc4ccc(N=Nc5cccc(C(=O)O)c5)c5ccc(S(=O)(=O)O)cc45)c(O)c3c2)cc1. The number of phenolic OH excluding ortho intramolecular Hbond substituents is 1. The van der Waals surface area contributed by atoms with Gasteiger partial charge in [-0.2, -0.15) is 21.9 Å². The summed E-state index contributed by atoms with van der Waals surface area (Å²) in [4.78, 5) is 21.2. The number of anilines is 2. The van der Waals surface area contributed by atoms with Gasteiger partial charge in [0.25, 0.3) is 20.2 Å². The number of carboxylic acid groups (broad SMARTS) is 2. The summed E-state index contributed by atoms with van der Waals surface area (Å²) in [5.74, 6) is -2.96. The molecule has 0 saturated heterocycles. The van der Waals surface area contributed by atoms with E-state index in [4.69, 9.17) is 5.11 Å². The fraction of sp³-hybridized carbons (Fsp3) is 0. The second-order valence-electron chi connectivity index (χ2n) is 11.0. The van der Waals surface area contributed by atoms with Crippen LogP contribution >= 0.6 is 0 Å². The average molecular weight is 742 g/mol. The number of phenols is 1. The first kappa shape index (κ1) is 35.2. The van der Waals surface area contributed by atoms with E-state index >= 15 is 0 Å². The second kappa shape index (κ2) is 13.6. The van der Waals surface area contributed by atoms with Gasteiger partial charge in [-0.05, 0) is 90.3 Å². The molecule has 6 aromatic rings. The van der Waals surface area contributed by atoms with Crippen LogP contribution in [0.2, 0.25) is 0 Å². The van der Waals surface area contributed by atoms with Gasteiger partial charge in [-0.1, -0.05) is 18.2 Å². The highest BCUT2D eigenvalue weighted by atomic mass is 32.2. The largest absolute Gasteiger partial charge is 0.505 e. The molecule has 0 aromatic heterocycles. The topological polar surface area (TPSA) is 265 Å². The minimum Gasteiger partial charge on any atom is -0.505 e. The summed E-state index contributed by atoms with van der Waals surface area (Å²) in [6.07, 6.45) is 0. The standard InChI is InChI=1S/C34H23N5O11S2/c40-32-26-16-22(35-21-7-4-18(5-8-21)33(41)42)9-6-19(26)15-30(52(48,49)50)31(32)39-38-29-13-12-28(25-11-10-24(17-27(25)29)51(45,46)47)37-36-23-3-1-2-20(14-23)34(43)44/h1-17,35,40H,(H,41,42)(H,43,44)(H,45,46,47)(H,48,49,50). The summed E-state index contributed by atoms with van der Waals surface area (Å²) < 4.78 is 68.7. The predicted octanol–water partition coefficient (Wildman–Crippen LogP) is 8.16. The molecule has 262 valence electrons. The van der Waals surface area contributed by atoms with Crippen molar-refractivity contribution in [3.8, 4) is 5.75 Å². The summed E-state index contributed by atoms with van der Waals surface area (Å²) in [6, 6.07) is 23.2. The van der Waals surface area contributed by atoms with Gasteiger partial charge < -0.3 is 20.6 Å². The zero-order chi connectivity index (χ0) is 37.4. The Morgan fingerprint density at radius 1 is 0.577 bits per heavy atom. The van der Waals surface area contributed by atoms with Crippen LogP contribution < -0.4 is 5.32 Å². The fourth-order valence-corrected chi connectivity index (χ4v) is 6.29. The lowest BCUT2D eigenvalue weighted by molar-refractivity contribution is 0.0686. The van der Waals surface area contributed by atoms with Crippen molar-refractivity contribution in [1.29, 1.82) is 0 Å². The van der Waals surface area contributed by atoms with Crippen molar-refractivity contribution in [3.63, 3.8) is 0 Å². The highest BCUT2D eigenvalue weighted by Gasteiger charge is 2.23. The highest BCUT2D eigenvalue weighted by Crippen LogP contribution is 2.43. The van der Waals surface area contributed by atoms with Gasteiger partial charge in [-0.25, -0.2) is 9.59 Å². The molecule has 0 spiro atoms. The molecule has 0 amide bonds. The van der Waals surface area contributed by atoms with Crippen LogP contribution in [0.4, 0.5) is 34.1 Å². The molecule has 0 aliphatic carbocycles. The number of aromatic hydroxyl groups is 1.